The first-order chi connectivity index (χ1) is 8.67. The third kappa shape index (κ3) is 2.41. The van der Waals surface area contributed by atoms with Gasteiger partial charge < -0.3 is 10.2 Å². The van der Waals surface area contributed by atoms with E-state index in [1.807, 2.05) is 18.7 Å². The molecule has 0 saturated carbocycles. The number of carbonyl (C=O) groups excluding carboxylic acids is 1. The van der Waals surface area contributed by atoms with E-state index in [0.717, 1.165) is 26.2 Å². The lowest BCUT2D eigenvalue weighted by atomic mass is 9.88. The van der Waals surface area contributed by atoms with Crippen molar-refractivity contribution in [2.75, 3.05) is 19.6 Å². The second-order valence-corrected chi connectivity index (χ2v) is 4.90. The van der Waals surface area contributed by atoms with E-state index in [1.54, 1.807) is 0 Å². The number of likely N-dealkylation sites (N-methyl/N-ethyl adjacent to an activating group) is 1. The van der Waals surface area contributed by atoms with Gasteiger partial charge in [0.2, 0.25) is 5.91 Å². The Bertz CT molecular complexity index is 438. The van der Waals surface area contributed by atoms with Crippen LogP contribution in [0, 0.1) is 6.92 Å². The summed E-state index contributed by atoms with van der Waals surface area (Å²) in [5.74, 6) is 0.228. The Morgan fingerprint density at radius 1 is 1.39 bits per heavy atom. The zero-order valence-electron chi connectivity index (χ0n) is 11.5. The number of fused-ring (bicyclic) bond motifs is 1. The Balaban J connectivity index is 2.30. The van der Waals surface area contributed by atoms with Crippen LogP contribution < -0.4 is 5.32 Å². The van der Waals surface area contributed by atoms with Gasteiger partial charge >= 0.3 is 0 Å². The molecule has 1 N–H and O–H groups in total. The Morgan fingerprint density at radius 3 is 2.78 bits per heavy atom. The molecule has 1 aromatic carbocycles. The molecular formula is C15H22N2O. The molecule has 1 aromatic rings. The number of hydrogen-bond acceptors (Lipinski definition) is 2. The number of nitrogens with one attached hydrogen (secondary N) is 1. The summed E-state index contributed by atoms with van der Waals surface area (Å²) in [6.07, 6.45) is 0. The highest BCUT2D eigenvalue weighted by molar-refractivity contribution is 5.84. The molecule has 98 valence electrons. The van der Waals surface area contributed by atoms with E-state index in [4.69, 9.17) is 0 Å². The molecule has 2 rings (SSSR count). The van der Waals surface area contributed by atoms with E-state index in [0.29, 0.717) is 0 Å². The van der Waals surface area contributed by atoms with Gasteiger partial charge in [0.15, 0.2) is 0 Å². The van der Waals surface area contributed by atoms with Crippen LogP contribution in [0.2, 0.25) is 0 Å². The summed E-state index contributed by atoms with van der Waals surface area (Å²) in [6, 6.07) is 6.41. The topological polar surface area (TPSA) is 32.3 Å². The molecule has 1 atom stereocenters. The molecule has 1 heterocycles. The zero-order chi connectivity index (χ0) is 13.1. The molecule has 1 aliphatic heterocycles. The van der Waals surface area contributed by atoms with Gasteiger partial charge in [0.25, 0.3) is 0 Å². The lowest BCUT2D eigenvalue weighted by molar-refractivity contribution is -0.132. The second-order valence-electron chi connectivity index (χ2n) is 4.90. The summed E-state index contributed by atoms with van der Waals surface area (Å²) in [5.41, 5.74) is 3.73. The summed E-state index contributed by atoms with van der Waals surface area (Å²) in [6.45, 7) is 9.36. The van der Waals surface area contributed by atoms with Crippen LogP contribution in [0.1, 0.15) is 36.5 Å². The number of nitrogens with zero attached hydrogens (tertiary/aromatic N) is 1. The molecule has 1 aliphatic rings. The van der Waals surface area contributed by atoms with Crippen molar-refractivity contribution in [3.63, 3.8) is 0 Å². The predicted molar refractivity (Wildman–Crippen MR) is 73.6 cm³/mol. The van der Waals surface area contributed by atoms with Crippen LogP contribution in [0.15, 0.2) is 18.2 Å². The van der Waals surface area contributed by atoms with Gasteiger partial charge in [0.05, 0.1) is 5.92 Å². The van der Waals surface area contributed by atoms with Gasteiger partial charge in [-0.2, -0.15) is 0 Å². The summed E-state index contributed by atoms with van der Waals surface area (Å²) in [7, 11) is 0. The number of hydrogen-bond donors (Lipinski definition) is 1. The van der Waals surface area contributed by atoms with Crippen LogP contribution in [0.25, 0.3) is 0 Å². The van der Waals surface area contributed by atoms with Crippen molar-refractivity contribution in [1.82, 2.24) is 10.2 Å². The molecule has 0 bridgehead atoms. The Morgan fingerprint density at radius 2 is 2.11 bits per heavy atom. The Kier molecular flexibility index (Phi) is 4.02. The minimum absolute atomic E-state index is 0.0192. The number of amides is 1. The standard InChI is InChI=1S/C15H22N2O/c1-4-17(5-2)15(18)14-10-16-9-12-8-11(3)6-7-13(12)14/h6-8,14,16H,4-5,9-10H2,1-3H3. The van der Waals surface area contributed by atoms with Gasteiger partial charge in [-0.25, -0.2) is 0 Å². The molecule has 3 nitrogen and oxygen atoms in total. The van der Waals surface area contributed by atoms with Crippen molar-refractivity contribution in [1.29, 1.82) is 0 Å². The molecule has 3 heteroatoms. The van der Waals surface area contributed by atoms with E-state index in [1.165, 1.54) is 16.7 Å². The maximum atomic E-state index is 12.5. The SMILES string of the molecule is CCN(CC)C(=O)C1CNCc2cc(C)ccc21. The Labute approximate surface area is 109 Å². The molecule has 0 radical (unpaired) electrons. The largest absolute Gasteiger partial charge is 0.343 e. The fraction of sp³-hybridized carbons (Fsp3) is 0.533. The highest BCUT2D eigenvalue weighted by Crippen LogP contribution is 2.26. The summed E-state index contributed by atoms with van der Waals surface area (Å²) in [4.78, 5) is 14.4. The fourth-order valence-corrected chi connectivity index (χ4v) is 2.66. The minimum atomic E-state index is -0.0192. The fourth-order valence-electron chi connectivity index (χ4n) is 2.66. The van der Waals surface area contributed by atoms with Gasteiger partial charge in [0, 0.05) is 26.2 Å². The predicted octanol–water partition coefficient (Wildman–Crippen LogP) is 2.05. The average Bonchev–Trinajstić information content (AvgIpc) is 2.39. The van der Waals surface area contributed by atoms with Crippen molar-refractivity contribution < 1.29 is 4.79 Å². The third-order valence-corrected chi connectivity index (χ3v) is 3.71. The molecule has 0 fully saturated rings. The average molecular weight is 246 g/mol. The summed E-state index contributed by atoms with van der Waals surface area (Å²) >= 11 is 0. The quantitative estimate of drug-likeness (QED) is 0.885. The van der Waals surface area contributed by atoms with Crippen molar-refractivity contribution >= 4 is 5.91 Å². The molecule has 18 heavy (non-hydrogen) atoms. The highest BCUT2D eigenvalue weighted by Gasteiger charge is 2.28. The summed E-state index contributed by atoms with van der Waals surface area (Å²) < 4.78 is 0. The van der Waals surface area contributed by atoms with Gasteiger partial charge in [-0.1, -0.05) is 23.8 Å². The summed E-state index contributed by atoms with van der Waals surface area (Å²) in [5, 5.41) is 3.35. The van der Waals surface area contributed by atoms with Crippen LogP contribution in [0.5, 0.6) is 0 Å². The highest BCUT2D eigenvalue weighted by atomic mass is 16.2. The lowest BCUT2D eigenvalue weighted by Crippen LogP contribution is -2.41. The number of aryl methyl sites for hydroxylation is 1. The molecular weight excluding hydrogens is 224 g/mol. The maximum Gasteiger partial charge on any atom is 0.231 e. The number of benzene rings is 1. The van der Waals surface area contributed by atoms with Gasteiger partial charge in [-0.05, 0) is 31.9 Å². The van der Waals surface area contributed by atoms with Crippen LogP contribution in [0.4, 0.5) is 0 Å². The molecule has 1 amide bonds. The zero-order valence-corrected chi connectivity index (χ0v) is 11.5. The molecule has 0 aromatic heterocycles. The number of rotatable bonds is 3. The van der Waals surface area contributed by atoms with Crippen LogP contribution >= 0.6 is 0 Å². The normalized spacial score (nSPS) is 18.3. The molecule has 1 unspecified atom stereocenters. The van der Waals surface area contributed by atoms with E-state index in [2.05, 4.69) is 30.4 Å². The number of carbonyl (C=O) groups is 1. The van der Waals surface area contributed by atoms with Crippen molar-refractivity contribution in [3.05, 3.63) is 34.9 Å². The molecule has 0 aliphatic carbocycles. The van der Waals surface area contributed by atoms with E-state index < -0.39 is 0 Å². The monoisotopic (exact) mass is 246 g/mol. The first-order valence-electron chi connectivity index (χ1n) is 6.76. The van der Waals surface area contributed by atoms with Crippen LogP contribution in [-0.2, 0) is 11.3 Å². The first-order valence-corrected chi connectivity index (χ1v) is 6.76. The van der Waals surface area contributed by atoms with Gasteiger partial charge in [-0.3, -0.25) is 4.79 Å². The second kappa shape index (κ2) is 5.53. The van der Waals surface area contributed by atoms with E-state index >= 15 is 0 Å². The Hall–Kier alpha value is -1.35. The van der Waals surface area contributed by atoms with Crippen LogP contribution in [0.3, 0.4) is 0 Å². The molecule has 0 spiro atoms. The molecule has 0 saturated heterocycles. The maximum absolute atomic E-state index is 12.5. The van der Waals surface area contributed by atoms with Gasteiger partial charge in [-0.15, -0.1) is 0 Å². The van der Waals surface area contributed by atoms with Gasteiger partial charge in [0.1, 0.15) is 0 Å². The van der Waals surface area contributed by atoms with Crippen molar-refractivity contribution in [2.24, 2.45) is 0 Å². The smallest absolute Gasteiger partial charge is 0.231 e. The minimum Gasteiger partial charge on any atom is -0.343 e. The lowest BCUT2D eigenvalue weighted by Gasteiger charge is -2.30. The van der Waals surface area contributed by atoms with Crippen LogP contribution in [-0.4, -0.2) is 30.4 Å². The first kappa shape index (κ1) is 13.1. The third-order valence-electron chi connectivity index (χ3n) is 3.71. The van der Waals surface area contributed by atoms with Crippen molar-refractivity contribution in [3.8, 4) is 0 Å². The van der Waals surface area contributed by atoms with E-state index in [9.17, 15) is 4.79 Å². The van der Waals surface area contributed by atoms with E-state index in [-0.39, 0.29) is 11.8 Å². The van der Waals surface area contributed by atoms with Crippen molar-refractivity contribution in [2.45, 2.75) is 33.2 Å².